The first kappa shape index (κ1) is 29.6. The van der Waals surface area contributed by atoms with E-state index < -0.39 is 0 Å². The molecule has 3 saturated carbocycles. The van der Waals surface area contributed by atoms with Gasteiger partial charge in [-0.3, -0.25) is 14.4 Å². The van der Waals surface area contributed by atoms with Crippen molar-refractivity contribution < 1.29 is 19.1 Å². The molecule has 1 aromatic heterocycles. The van der Waals surface area contributed by atoms with Gasteiger partial charge in [0, 0.05) is 36.0 Å². The van der Waals surface area contributed by atoms with Crippen LogP contribution < -0.4 is 5.32 Å². The summed E-state index contributed by atoms with van der Waals surface area (Å²) in [6.45, 7) is 12.7. The Morgan fingerprint density at radius 3 is 2.55 bits per heavy atom. The number of hydrogen-bond acceptors (Lipinski definition) is 5. The molecule has 0 radical (unpaired) electrons. The van der Waals surface area contributed by atoms with Gasteiger partial charge in [-0.1, -0.05) is 57.9 Å². The average molecular weight is 586 g/mol. The predicted octanol–water partition coefficient (Wildman–Crippen LogP) is 7.71. The van der Waals surface area contributed by atoms with Gasteiger partial charge in [-0.25, -0.2) is 0 Å². The lowest BCUT2D eigenvalue weighted by atomic mass is 9.46. The zero-order valence-electron chi connectivity index (χ0n) is 24.7. The number of rotatable bonds is 7. The number of esters is 1. The van der Waals surface area contributed by atoms with Crippen molar-refractivity contribution in [3.63, 3.8) is 0 Å². The van der Waals surface area contributed by atoms with E-state index >= 15 is 0 Å². The third-order valence-corrected chi connectivity index (χ3v) is 12.3. The van der Waals surface area contributed by atoms with Gasteiger partial charge in [-0.05, 0) is 85.0 Å². The molecule has 2 unspecified atom stereocenters. The van der Waals surface area contributed by atoms with Gasteiger partial charge in [0.25, 0.3) is 0 Å². The molecule has 1 amide bonds. The molecule has 1 N–H and O–H groups in total. The third-order valence-electron chi connectivity index (χ3n) is 11.0. The van der Waals surface area contributed by atoms with E-state index in [9.17, 15) is 14.4 Å². The number of hydrogen-bond donors (Lipinski definition) is 1. The number of fused-ring (bicyclic) bond motifs is 5. The fraction of sp³-hybridized carbons (Fsp3) is 0.667. The van der Waals surface area contributed by atoms with E-state index in [0.29, 0.717) is 30.6 Å². The second-order valence-electron chi connectivity index (χ2n) is 13.7. The van der Waals surface area contributed by atoms with Gasteiger partial charge >= 0.3 is 5.97 Å². The minimum atomic E-state index is -0.246. The second-order valence-corrected chi connectivity index (χ2v) is 15.4. The van der Waals surface area contributed by atoms with Crippen LogP contribution in [0.15, 0.2) is 35.9 Å². The average Bonchev–Trinajstić information content (AvgIpc) is 3.45. The summed E-state index contributed by atoms with van der Waals surface area (Å²) in [5.41, 5.74) is 1.03. The number of thiophene rings is 1. The molecule has 0 aliphatic heterocycles. The monoisotopic (exact) mass is 585 g/mol. The number of carbonyl (C=O) groups excluding carboxylic acids is 3. The Balaban J connectivity index is 1.34. The smallest absolute Gasteiger partial charge is 0.302 e. The van der Waals surface area contributed by atoms with Crippen LogP contribution in [0.3, 0.4) is 0 Å². The summed E-state index contributed by atoms with van der Waals surface area (Å²) >= 11 is 7.73. The molecule has 1 heterocycles. The molecule has 9 atom stereocenters. The van der Waals surface area contributed by atoms with E-state index in [0.717, 1.165) is 40.5 Å². The van der Waals surface area contributed by atoms with Crippen LogP contribution in [0.25, 0.3) is 0 Å². The molecule has 5 nitrogen and oxygen atoms in total. The molecule has 7 heteroatoms. The van der Waals surface area contributed by atoms with Crippen LogP contribution in [-0.4, -0.2) is 23.8 Å². The van der Waals surface area contributed by atoms with Gasteiger partial charge < -0.3 is 10.1 Å². The van der Waals surface area contributed by atoms with Gasteiger partial charge in [0.15, 0.2) is 5.78 Å². The fourth-order valence-electron chi connectivity index (χ4n) is 9.18. The summed E-state index contributed by atoms with van der Waals surface area (Å²) in [6.07, 6.45) is 10.9. The number of ketones is 1. The lowest BCUT2D eigenvalue weighted by Gasteiger charge is -2.59. The number of halogens is 1. The van der Waals surface area contributed by atoms with E-state index in [1.54, 1.807) is 12.2 Å². The SMILES string of the molecule is CC(=O)O[C@@H]1CC2=CC(=O)C=C[C@]2(C)[C@H]2CC[C@]3(C)C([C@H](C)CC(=O)NC(c4ccc(Cl)s4)C(C)C)CC[C@H]3[C@H]12. The van der Waals surface area contributed by atoms with Gasteiger partial charge in [0.05, 0.1) is 10.4 Å². The predicted molar refractivity (Wildman–Crippen MR) is 160 cm³/mol. The summed E-state index contributed by atoms with van der Waals surface area (Å²) in [5.74, 6) is 1.85. The van der Waals surface area contributed by atoms with E-state index in [1.165, 1.54) is 18.3 Å². The summed E-state index contributed by atoms with van der Waals surface area (Å²) < 4.78 is 6.77. The highest BCUT2D eigenvalue weighted by Gasteiger charge is 2.62. The minimum Gasteiger partial charge on any atom is -0.462 e. The van der Waals surface area contributed by atoms with E-state index in [-0.39, 0.29) is 58.4 Å². The Hall–Kier alpha value is -1.92. The van der Waals surface area contributed by atoms with Crippen LogP contribution in [0.1, 0.15) is 91.0 Å². The van der Waals surface area contributed by atoms with Crippen LogP contribution in [-0.2, 0) is 19.1 Å². The third kappa shape index (κ3) is 5.24. The Morgan fingerprint density at radius 2 is 1.90 bits per heavy atom. The second kappa shape index (κ2) is 11.1. The van der Waals surface area contributed by atoms with Crippen molar-refractivity contribution in [2.75, 3.05) is 0 Å². The maximum absolute atomic E-state index is 13.4. The number of amides is 1. The molecule has 218 valence electrons. The lowest BCUT2D eigenvalue weighted by molar-refractivity contribution is -0.163. The Bertz CT molecular complexity index is 1230. The molecular weight excluding hydrogens is 542 g/mol. The van der Waals surface area contributed by atoms with Crippen molar-refractivity contribution in [1.29, 1.82) is 0 Å². The Labute approximate surface area is 248 Å². The van der Waals surface area contributed by atoms with Crippen molar-refractivity contribution in [2.45, 2.75) is 92.2 Å². The van der Waals surface area contributed by atoms with Crippen LogP contribution >= 0.6 is 22.9 Å². The molecule has 40 heavy (non-hydrogen) atoms. The highest BCUT2D eigenvalue weighted by Crippen LogP contribution is 2.67. The van der Waals surface area contributed by atoms with Crippen LogP contribution in [0, 0.1) is 46.3 Å². The quantitative estimate of drug-likeness (QED) is 0.333. The van der Waals surface area contributed by atoms with Crippen molar-refractivity contribution >= 4 is 40.6 Å². The van der Waals surface area contributed by atoms with Crippen LogP contribution in [0.2, 0.25) is 4.34 Å². The van der Waals surface area contributed by atoms with Crippen molar-refractivity contribution in [3.05, 3.63) is 45.1 Å². The van der Waals surface area contributed by atoms with Crippen molar-refractivity contribution in [1.82, 2.24) is 5.32 Å². The lowest BCUT2D eigenvalue weighted by Crippen LogP contribution is -2.55. The Morgan fingerprint density at radius 1 is 1.15 bits per heavy atom. The van der Waals surface area contributed by atoms with E-state index in [1.807, 2.05) is 12.1 Å². The summed E-state index contributed by atoms with van der Waals surface area (Å²) in [5, 5.41) is 3.31. The van der Waals surface area contributed by atoms with Crippen molar-refractivity contribution in [2.24, 2.45) is 46.3 Å². The minimum absolute atomic E-state index is 0.0306. The maximum atomic E-state index is 13.4. The van der Waals surface area contributed by atoms with Gasteiger partial charge in [0.1, 0.15) is 6.10 Å². The first-order valence-corrected chi connectivity index (χ1v) is 16.2. The number of carbonyl (C=O) groups is 3. The number of ether oxygens (including phenoxy) is 1. The summed E-state index contributed by atoms with van der Waals surface area (Å²) in [7, 11) is 0. The maximum Gasteiger partial charge on any atom is 0.302 e. The Kier molecular flexibility index (Phi) is 8.17. The largest absolute Gasteiger partial charge is 0.462 e. The highest BCUT2D eigenvalue weighted by molar-refractivity contribution is 7.16. The van der Waals surface area contributed by atoms with Crippen LogP contribution in [0.5, 0.6) is 0 Å². The molecule has 4 aliphatic rings. The molecule has 0 spiro atoms. The zero-order chi connectivity index (χ0) is 29.0. The topological polar surface area (TPSA) is 72.5 Å². The normalized spacial score (nSPS) is 36.2. The number of nitrogens with one attached hydrogen (secondary N) is 1. The van der Waals surface area contributed by atoms with Crippen molar-refractivity contribution in [3.8, 4) is 0 Å². The molecule has 4 aliphatic carbocycles. The summed E-state index contributed by atoms with van der Waals surface area (Å²) in [4.78, 5) is 38.9. The molecule has 0 bridgehead atoms. The molecule has 1 aromatic rings. The molecule has 0 aromatic carbocycles. The molecule has 5 rings (SSSR count). The molecular formula is C33H44ClNO4S. The highest BCUT2D eigenvalue weighted by atomic mass is 35.5. The van der Waals surface area contributed by atoms with Gasteiger partial charge in [-0.15, -0.1) is 11.3 Å². The first-order chi connectivity index (χ1) is 18.8. The van der Waals surface area contributed by atoms with E-state index in [4.69, 9.17) is 16.3 Å². The van der Waals surface area contributed by atoms with Gasteiger partial charge in [0.2, 0.25) is 5.91 Å². The standard InChI is InChI=1S/C33H44ClNO4S/c1-18(2)31(27-9-10-28(34)40-27)35-29(38)15-19(3)23-7-8-24-30-25(12-14-33(23,24)6)32(5)13-11-22(37)16-21(32)17-26(30)39-20(4)36/h9-11,13,16,18-19,23-26,30-31H,7-8,12,14-15,17H2,1-6H3,(H,35,38)/t19-,23?,24+,25+,26-,30+,31?,32+,33-/m1/s1. The first-order valence-electron chi connectivity index (χ1n) is 15.0. The van der Waals surface area contributed by atoms with Crippen LogP contribution in [0.4, 0.5) is 0 Å². The fourth-order valence-corrected chi connectivity index (χ4v) is 10.5. The number of allylic oxidation sites excluding steroid dienone is 3. The summed E-state index contributed by atoms with van der Waals surface area (Å²) in [6, 6.07) is 3.88. The molecule has 0 saturated heterocycles. The molecule has 3 fully saturated rings. The van der Waals surface area contributed by atoms with Gasteiger partial charge in [-0.2, -0.15) is 0 Å². The zero-order valence-corrected chi connectivity index (χ0v) is 26.2. The van der Waals surface area contributed by atoms with E-state index in [2.05, 4.69) is 46.0 Å².